The van der Waals surface area contributed by atoms with Gasteiger partial charge in [0.25, 0.3) is 17.7 Å². The maximum atomic E-state index is 12.9. The molecule has 0 fully saturated rings. The number of nitrogens with zero attached hydrogens (tertiary/aromatic N) is 2. The average molecular weight is 540 g/mol. The van der Waals surface area contributed by atoms with Crippen LogP contribution >= 0.6 is 0 Å². The molecule has 4 aromatic rings. The second-order valence-electron chi connectivity index (χ2n) is 8.37. The molecule has 200 valence electrons. The second-order valence-corrected chi connectivity index (χ2v) is 8.37. The Balaban J connectivity index is 1.23. The number of benzene rings is 2. The first kappa shape index (κ1) is 25.5. The SMILES string of the molecule is O=C1COc2ccc(CNC(=O)c3ncnc4c(C(=O)NCc5ccc(OC(F)(F)F)cc5)c[nH]c34)cc2N1. The summed E-state index contributed by atoms with van der Waals surface area (Å²) >= 11 is 0. The fourth-order valence-electron chi connectivity index (χ4n) is 3.88. The Kier molecular flexibility index (Phi) is 6.75. The van der Waals surface area contributed by atoms with Crippen LogP contribution in [0.4, 0.5) is 18.9 Å². The van der Waals surface area contributed by atoms with Crippen molar-refractivity contribution in [3.05, 3.63) is 77.4 Å². The summed E-state index contributed by atoms with van der Waals surface area (Å²) in [5.74, 6) is -1.14. The molecule has 0 unspecified atom stereocenters. The Morgan fingerprint density at radius 3 is 2.49 bits per heavy atom. The highest BCUT2D eigenvalue weighted by atomic mass is 19.4. The third-order valence-electron chi connectivity index (χ3n) is 5.66. The molecule has 0 saturated heterocycles. The van der Waals surface area contributed by atoms with Crippen LogP contribution in [-0.4, -0.2) is 45.6 Å². The standard InChI is InChI=1S/C25H19F3N6O5/c26-25(27,28)39-15-4-1-13(2-5-15)8-30-23(36)16-10-29-21-20(16)32-12-33-22(21)24(37)31-9-14-3-6-18-17(7-14)34-19(35)11-38-18/h1-7,10,12,29H,8-9,11H2,(H,30,36)(H,31,37)(H,34,35). The van der Waals surface area contributed by atoms with E-state index in [0.717, 1.165) is 18.5 Å². The van der Waals surface area contributed by atoms with Crippen molar-refractivity contribution in [2.75, 3.05) is 11.9 Å². The van der Waals surface area contributed by atoms with E-state index in [0.29, 0.717) is 22.6 Å². The minimum Gasteiger partial charge on any atom is -0.482 e. The largest absolute Gasteiger partial charge is 0.573 e. The van der Waals surface area contributed by atoms with Gasteiger partial charge in [-0.25, -0.2) is 9.97 Å². The zero-order chi connectivity index (χ0) is 27.6. The molecule has 0 aliphatic carbocycles. The van der Waals surface area contributed by atoms with Gasteiger partial charge in [0.1, 0.15) is 23.3 Å². The van der Waals surface area contributed by atoms with Gasteiger partial charge in [0.2, 0.25) is 0 Å². The van der Waals surface area contributed by atoms with Crippen molar-refractivity contribution in [3.63, 3.8) is 0 Å². The first-order valence-electron chi connectivity index (χ1n) is 11.4. The summed E-state index contributed by atoms with van der Waals surface area (Å²) < 4.78 is 46.1. The van der Waals surface area contributed by atoms with Crippen molar-refractivity contribution >= 4 is 34.4 Å². The molecule has 5 rings (SSSR count). The van der Waals surface area contributed by atoms with Gasteiger partial charge >= 0.3 is 6.36 Å². The van der Waals surface area contributed by atoms with E-state index in [9.17, 15) is 27.6 Å². The molecule has 0 radical (unpaired) electrons. The number of ether oxygens (including phenoxy) is 2. The minimum absolute atomic E-state index is 0.0221. The Labute approximate surface area is 217 Å². The molecule has 0 bridgehead atoms. The normalized spacial score (nSPS) is 12.7. The number of hydrogen-bond acceptors (Lipinski definition) is 7. The molecule has 0 spiro atoms. The smallest absolute Gasteiger partial charge is 0.482 e. The zero-order valence-electron chi connectivity index (χ0n) is 19.9. The van der Waals surface area contributed by atoms with E-state index in [2.05, 4.69) is 35.6 Å². The van der Waals surface area contributed by atoms with Crippen LogP contribution in [0.5, 0.6) is 11.5 Å². The van der Waals surface area contributed by atoms with Crippen molar-refractivity contribution in [3.8, 4) is 11.5 Å². The fraction of sp³-hybridized carbons (Fsp3) is 0.160. The first-order chi connectivity index (χ1) is 18.7. The summed E-state index contributed by atoms with van der Waals surface area (Å²) in [6, 6.07) is 10.2. The fourth-order valence-corrected chi connectivity index (χ4v) is 3.88. The monoisotopic (exact) mass is 540 g/mol. The quantitative estimate of drug-likeness (QED) is 0.282. The number of rotatable bonds is 7. The van der Waals surface area contributed by atoms with Crippen molar-refractivity contribution in [2.45, 2.75) is 19.5 Å². The molecule has 1 aliphatic heterocycles. The molecule has 1 aliphatic rings. The highest BCUT2D eigenvalue weighted by molar-refractivity contribution is 6.10. The van der Waals surface area contributed by atoms with E-state index in [-0.39, 0.29) is 53.6 Å². The maximum Gasteiger partial charge on any atom is 0.573 e. The van der Waals surface area contributed by atoms with Crippen LogP contribution in [0.25, 0.3) is 11.0 Å². The first-order valence-corrected chi connectivity index (χ1v) is 11.4. The number of carbonyl (C=O) groups excluding carboxylic acids is 3. The van der Waals surface area contributed by atoms with Gasteiger partial charge in [-0.3, -0.25) is 14.4 Å². The summed E-state index contributed by atoms with van der Waals surface area (Å²) in [4.78, 5) is 48.2. The zero-order valence-corrected chi connectivity index (χ0v) is 19.9. The molecule has 2 aromatic heterocycles. The molecule has 39 heavy (non-hydrogen) atoms. The van der Waals surface area contributed by atoms with E-state index in [4.69, 9.17) is 4.74 Å². The Morgan fingerprint density at radius 2 is 1.72 bits per heavy atom. The number of halogens is 3. The van der Waals surface area contributed by atoms with Crippen molar-refractivity contribution in [1.82, 2.24) is 25.6 Å². The summed E-state index contributed by atoms with van der Waals surface area (Å²) in [7, 11) is 0. The molecule has 0 saturated carbocycles. The lowest BCUT2D eigenvalue weighted by Crippen LogP contribution is -2.26. The summed E-state index contributed by atoms with van der Waals surface area (Å²) in [6.07, 6.45) is -2.25. The number of H-pyrrole nitrogens is 1. The number of carbonyl (C=O) groups is 3. The Hall–Kier alpha value is -5.14. The highest BCUT2D eigenvalue weighted by Crippen LogP contribution is 2.28. The number of fused-ring (bicyclic) bond motifs is 2. The van der Waals surface area contributed by atoms with E-state index < -0.39 is 18.2 Å². The van der Waals surface area contributed by atoms with Gasteiger partial charge in [-0.1, -0.05) is 18.2 Å². The van der Waals surface area contributed by atoms with Gasteiger partial charge in [0.05, 0.1) is 16.8 Å². The van der Waals surface area contributed by atoms with Crippen molar-refractivity contribution in [1.29, 1.82) is 0 Å². The van der Waals surface area contributed by atoms with Gasteiger partial charge in [0.15, 0.2) is 12.3 Å². The van der Waals surface area contributed by atoms with Crippen molar-refractivity contribution < 1.29 is 37.0 Å². The van der Waals surface area contributed by atoms with Gasteiger partial charge in [-0.15, -0.1) is 13.2 Å². The molecule has 2 aromatic carbocycles. The predicted octanol–water partition coefficient (Wildman–Crippen LogP) is 3.05. The van der Waals surface area contributed by atoms with Crippen LogP contribution in [0.1, 0.15) is 32.0 Å². The lowest BCUT2D eigenvalue weighted by molar-refractivity contribution is -0.274. The molecule has 3 heterocycles. The topological polar surface area (TPSA) is 147 Å². The molecular weight excluding hydrogens is 521 g/mol. The molecular formula is C25H19F3N6O5. The van der Waals surface area contributed by atoms with Crippen LogP contribution in [0.15, 0.2) is 55.0 Å². The van der Waals surface area contributed by atoms with E-state index in [1.807, 2.05) is 0 Å². The van der Waals surface area contributed by atoms with Crippen LogP contribution in [0.2, 0.25) is 0 Å². The molecule has 4 N–H and O–H groups in total. The van der Waals surface area contributed by atoms with E-state index in [1.54, 1.807) is 18.2 Å². The van der Waals surface area contributed by atoms with E-state index in [1.165, 1.54) is 18.3 Å². The average Bonchev–Trinajstić information content (AvgIpc) is 3.34. The number of anilines is 1. The summed E-state index contributed by atoms with van der Waals surface area (Å²) in [6.45, 7) is 0.105. The Bertz CT molecular complexity index is 1570. The molecule has 11 nitrogen and oxygen atoms in total. The number of alkyl halides is 3. The van der Waals surface area contributed by atoms with Gasteiger partial charge in [0, 0.05) is 19.3 Å². The minimum atomic E-state index is -4.79. The van der Waals surface area contributed by atoms with Gasteiger partial charge in [-0.05, 0) is 35.4 Å². The van der Waals surface area contributed by atoms with Crippen LogP contribution in [-0.2, 0) is 17.9 Å². The van der Waals surface area contributed by atoms with Crippen molar-refractivity contribution in [2.24, 2.45) is 0 Å². The third kappa shape index (κ3) is 5.89. The van der Waals surface area contributed by atoms with Crippen LogP contribution in [0.3, 0.4) is 0 Å². The lowest BCUT2D eigenvalue weighted by Gasteiger charge is -2.18. The lowest BCUT2D eigenvalue weighted by atomic mass is 10.1. The number of amides is 3. The van der Waals surface area contributed by atoms with E-state index >= 15 is 0 Å². The van der Waals surface area contributed by atoms with Gasteiger partial charge < -0.3 is 30.4 Å². The third-order valence-corrected chi connectivity index (χ3v) is 5.66. The molecule has 0 atom stereocenters. The van der Waals surface area contributed by atoms with Crippen LogP contribution in [0, 0.1) is 0 Å². The second kappa shape index (κ2) is 10.3. The van der Waals surface area contributed by atoms with Crippen LogP contribution < -0.4 is 25.4 Å². The predicted molar refractivity (Wildman–Crippen MR) is 130 cm³/mol. The van der Waals surface area contributed by atoms with Gasteiger partial charge in [-0.2, -0.15) is 0 Å². The maximum absolute atomic E-state index is 12.9. The highest BCUT2D eigenvalue weighted by Gasteiger charge is 2.31. The number of aromatic nitrogens is 3. The summed E-state index contributed by atoms with van der Waals surface area (Å²) in [5.41, 5.74) is 2.41. The number of hydrogen-bond donors (Lipinski definition) is 4. The number of nitrogens with one attached hydrogen (secondary N) is 4. The number of aromatic amines is 1. The molecule has 3 amide bonds. The molecule has 14 heteroatoms. The summed E-state index contributed by atoms with van der Waals surface area (Å²) in [5, 5.41) is 8.11. The Morgan fingerprint density at radius 1 is 1.00 bits per heavy atom.